The summed E-state index contributed by atoms with van der Waals surface area (Å²) in [4.78, 5) is 22.0. The standard InChI is InChI=1S/C12H15N3O3/c16-11(17)10-8-2-1-3-9(8)13-12(14-10)15-4-6-18-7-5-15/h1-7H2,(H,16,17). The molecule has 0 radical (unpaired) electrons. The van der Waals surface area contributed by atoms with Gasteiger partial charge in [-0.05, 0) is 19.3 Å². The van der Waals surface area contributed by atoms with Crippen LogP contribution in [0, 0.1) is 0 Å². The van der Waals surface area contributed by atoms with Crippen molar-refractivity contribution in [3.8, 4) is 0 Å². The SMILES string of the molecule is O=C(O)c1nc(N2CCOCC2)nc2c1CCC2. The van der Waals surface area contributed by atoms with Gasteiger partial charge in [-0.3, -0.25) is 0 Å². The number of rotatable bonds is 2. The summed E-state index contributed by atoms with van der Waals surface area (Å²) in [5.41, 5.74) is 1.90. The highest BCUT2D eigenvalue weighted by atomic mass is 16.5. The minimum absolute atomic E-state index is 0.180. The van der Waals surface area contributed by atoms with Crippen LogP contribution in [0.3, 0.4) is 0 Å². The molecule has 6 heteroatoms. The summed E-state index contributed by atoms with van der Waals surface area (Å²) in [6.07, 6.45) is 2.60. The quantitative estimate of drug-likeness (QED) is 0.822. The van der Waals surface area contributed by atoms with Gasteiger partial charge in [-0.1, -0.05) is 0 Å². The van der Waals surface area contributed by atoms with Crippen LogP contribution in [-0.4, -0.2) is 47.3 Å². The second-order valence-electron chi connectivity index (χ2n) is 4.56. The number of hydrogen-bond acceptors (Lipinski definition) is 5. The molecule has 1 aromatic rings. The van der Waals surface area contributed by atoms with Crippen LogP contribution >= 0.6 is 0 Å². The maximum atomic E-state index is 11.3. The van der Waals surface area contributed by atoms with E-state index in [1.807, 2.05) is 4.90 Å². The molecule has 1 aromatic heterocycles. The van der Waals surface area contributed by atoms with Crippen LogP contribution in [0.2, 0.25) is 0 Å². The highest BCUT2D eigenvalue weighted by molar-refractivity contribution is 5.88. The van der Waals surface area contributed by atoms with E-state index in [-0.39, 0.29) is 5.69 Å². The van der Waals surface area contributed by atoms with Crippen LogP contribution in [0.1, 0.15) is 28.2 Å². The van der Waals surface area contributed by atoms with Gasteiger partial charge in [-0.25, -0.2) is 14.8 Å². The Morgan fingerprint density at radius 2 is 2.00 bits per heavy atom. The lowest BCUT2D eigenvalue weighted by atomic mass is 10.2. The molecule has 1 saturated heterocycles. The maximum Gasteiger partial charge on any atom is 0.354 e. The number of nitrogens with zero attached hydrogens (tertiary/aromatic N) is 3. The van der Waals surface area contributed by atoms with Crippen molar-refractivity contribution in [2.45, 2.75) is 19.3 Å². The third kappa shape index (κ3) is 1.92. The van der Waals surface area contributed by atoms with E-state index in [1.54, 1.807) is 0 Å². The Morgan fingerprint density at radius 3 is 2.72 bits per heavy atom. The van der Waals surface area contributed by atoms with Crippen molar-refractivity contribution in [1.82, 2.24) is 9.97 Å². The van der Waals surface area contributed by atoms with Crippen molar-refractivity contribution in [2.75, 3.05) is 31.2 Å². The third-order valence-corrected chi connectivity index (χ3v) is 3.42. The summed E-state index contributed by atoms with van der Waals surface area (Å²) in [5.74, 6) is -0.415. The number of carbonyl (C=O) groups is 1. The Kier molecular flexibility index (Phi) is 2.87. The van der Waals surface area contributed by atoms with Gasteiger partial charge in [0.25, 0.3) is 0 Å². The molecule has 96 valence electrons. The average molecular weight is 249 g/mol. The fraction of sp³-hybridized carbons (Fsp3) is 0.583. The Labute approximate surface area is 105 Å². The smallest absolute Gasteiger partial charge is 0.354 e. The first-order valence-corrected chi connectivity index (χ1v) is 6.21. The number of aromatic carboxylic acids is 1. The fourth-order valence-corrected chi connectivity index (χ4v) is 2.50. The van der Waals surface area contributed by atoms with E-state index in [4.69, 9.17) is 4.74 Å². The molecule has 2 heterocycles. The first-order chi connectivity index (χ1) is 8.75. The van der Waals surface area contributed by atoms with Crippen LogP contribution in [0.15, 0.2) is 0 Å². The van der Waals surface area contributed by atoms with Gasteiger partial charge >= 0.3 is 5.97 Å². The van der Waals surface area contributed by atoms with Gasteiger partial charge in [0.05, 0.1) is 18.9 Å². The molecule has 0 saturated carbocycles. The summed E-state index contributed by atoms with van der Waals surface area (Å²) >= 11 is 0. The van der Waals surface area contributed by atoms with E-state index >= 15 is 0 Å². The summed E-state index contributed by atoms with van der Waals surface area (Å²) in [7, 11) is 0. The van der Waals surface area contributed by atoms with Crippen LogP contribution in [0.5, 0.6) is 0 Å². The normalized spacial score (nSPS) is 18.8. The molecular formula is C12H15N3O3. The molecule has 0 atom stereocenters. The molecule has 1 aliphatic carbocycles. The van der Waals surface area contributed by atoms with Crippen molar-refractivity contribution in [1.29, 1.82) is 0 Å². The van der Waals surface area contributed by atoms with Gasteiger partial charge in [-0.15, -0.1) is 0 Å². The average Bonchev–Trinajstić information content (AvgIpc) is 2.86. The van der Waals surface area contributed by atoms with Crippen LogP contribution in [0.25, 0.3) is 0 Å². The third-order valence-electron chi connectivity index (χ3n) is 3.42. The topological polar surface area (TPSA) is 75.5 Å². The summed E-state index contributed by atoms with van der Waals surface area (Å²) in [6.45, 7) is 2.72. The molecule has 2 aliphatic rings. The number of carboxylic acid groups (broad SMARTS) is 1. The van der Waals surface area contributed by atoms with Crippen molar-refractivity contribution < 1.29 is 14.6 Å². The molecular weight excluding hydrogens is 234 g/mol. The summed E-state index contributed by atoms with van der Waals surface area (Å²) < 4.78 is 5.28. The number of morpholine rings is 1. The second-order valence-corrected chi connectivity index (χ2v) is 4.56. The number of aromatic nitrogens is 2. The van der Waals surface area contributed by atoms with Crippen LogP contribution in [0.4, 0.5) is 5.95 Å². The number of hydrogen-bond donors (Lipinski definition) is 1. The van der Waals surface area contributed by atoms with Crippen LogP contribution < -0.4 is 4.90 Å². The summed E-state index contributed by atoms with van der Waals surface area (Å²) in [6, 6.07) is 0. The molecule has 18 heavy (non-hydrogen) atoms. The molecule has 0 amide bonds. The maximum absolute atomic E-state index is 11.3. The Bertz CT molecular complexity index is 484. The Hall–Kier alpha value is -1.69. The Balaban J connectivity index is 2.00. The van der Waals surface area contributed by atoms with Gasteiger partial charge in [0.15, 0.2) is 5.69 Å². The zero-order valence-corrected chi connectivity index (χ0v) is 10.1. The lowest BCUT2D eigenvalue weighted by molar-refractivity contribution is 0.0689. The molecule has 0 bridgehead atoms. The number of aryl methyl sites for hydroxylation is 1. The predicted molar refractivity (Wildman–Crippen MR) is 64.0 cm³/mol. The number of carboxylic acids is 1. The van der Waals surface area contributed by atoms with Gasteiger partial charge in [0.1, 0.15) is 0 Å². The number of ether oxygens (including phenoxy) is 1. The van der Waals surface area contributed by atoms with Crippen molar-refractivity contribution in [3.63, 3.8) is 0 Å². The predicted octanol–water partition coefficient (Wildman–Crippen LogP) is 0.500. The van der Waals surface area contributed by atoms with E-state index in [1.165, 1.54) is 0 Å². The molecule has 3 rings (SSSR count). The van der Waals surface area contributed by atoms with E-state index in [2.05, 4.69) is 9.97 Å². The summed E-state index contributed by atoms with van der Waals surface area (Å²) in [5, 5.41) is 9.24. The molecule has 0 aromatic carbocycles. The van der Waals surface area contributed by atoms with Crippen molar-refractivity contribution >= 4 is 11.9 Å². The number of anilines is 1. The van der Waals surface area contributed by atoms with Crippen molar-refractivity contribution in [2.24, 2.45) is 0 Å². The zero-order chi connectivity index (χ0) is 12.5. The molecule has 6 nitrogen and oxygen atoms in total. The highest BCUT2D eigenvalue weighted by Crippen LogP contribution is 2.25. The lowest BCUT2D eigenvalue weighted by Gasteiger charge is -2.27. The van der Waals surface area contributed by atoms with E-state index < -0.39 is 5.97 Å². The largest absolute Gasteiger partial charge is 0.476 e. The lowest BCUT2D eigenvalue weighted by Crippen LogP contribution is -2.37. The Morgan fingerprint density at radius 1 is 1.22 bits per heavy atom. The minimum Gasteiger partial charge on any atom is -0.476 e. The van der Waals surface area contributed by atoms with Crippen LogP contribution in [-0.2, 0) is 17.6 Å². The fourth-order valence-electron chi connectivity index (χ4n) is 2.50. The molecule has 0 spiro atoms. The second kappa shape index (κ2) is 4.53. The van der Waals surface area contributed by atoms with Gasteiger partial charge < -0.3 is 14.7 Å². The van der Waals surface area contributed by atoms with E-state index in [0.29, 0.717) is 19.2 Å². The van der Waals surface area contributed by atoms with Gasteiger partial charge in [-0.2, -0.15) is 0 Å². The highest BCUT2D eigenvalue weighted by Gasteiger charge is 2.25. The first-order valence-electron chi connectivity index (χ1n) is 6.21. The van der Waals surface area contributed by atoms with Gasteiger partial charge in [0, 0.05) is 18.7 Å². The first kappa shape index (κ1) is 11.4. The minimum atomic E-state index is -0.954. The van der Waals surface area contributed by atoms with E-state index in [9.17, 15) is 9.90 Å². The molecule has 1 aliphatic heterocycles. The molecule has 1 N–H and O–H groups in total. The molecule has 1 fully saturated rings. The monoisotopic (exact) mass is 249 g/mol. The zero-order valence-electron chi connectivity index (χ0n) is 10.1. The van der Waals surface area contributed by atoms with Crippen molar-refractivity contribution in [3.05, 3.63) is 17.0 Å². The number of fused-ring (bicyclic) bond motifs is 1. The molecule has 0 unspecified atom stereocenters. The van der Waals surface area contributed by atoms with E-state index in [0.717, 1.165) is 43.6 Å². The van der Waals surface area contributed by atoms with Gasteiger partial charge in [0.2, 0.25) is 5.95 Å².